The van der Waals surface area contributed by atoms with Crippen molar-refractivity contribution in [1.29, 1.82) is 0 Å². The van der Waals surface area contributed by atoms with Crippen molar-refractivity contribution in [3.63, 3.8) is 0 Å². The highest BCUT2D eigenvalue weighted by atomic mass is 19.1. The van der Waals surface area contributed by atoms with Crippen molar-refractivity contribution in [3.8, 4) is 11.6 Å². The summed E-state index contributed by atoms with van der Waals surface area (Å²) < 4.78 is 24.6. The number of carbonyl (C=O) groups excluding carboxylic acids is 1. The second kappa shape index (κ2) is 8.57. The average molecular weight is 391 g/mol. The maximum atomic E-state index is 14.0. The van der Waals surface area contributed by atoms with Gasteiger partial charge in [-0.05, 0) is 18.9 Å². The predicted molar refractivity (Wildman–Crippen MR) is 95.8 cm³/mol. The van der Waals surface area contributed by atoms with Crippen LogP contribution in [-0.2, 0) is 4.74 Å². The summed E-state index contributed by atoms with van der Waals surface area (Å²) in [7, 11) is 1.69. The number of hydrogen-bond acceptors (Lipinski definition) is 7. The first-order valence-corrected chi connectivity index (χ1v) is 8.49. The van der Waals surface area contributed by atoms with Gasteiger partial charge in [-0.15, -0.1) is 0 Å². The fourth-order valence-electron chi connectivity index (χ4n) is 2.70. The van der Waals surface area contributed by atoms with E-state index in [1.807, 2.05) is 0 Å². The van der Waals surface area contributed by atoms with E-state index < -0.39 is 16.4 Å². The average Bonchev–Trinajstić information content (AvgIpc) is 2.69. The van der Waals surface area contributed by atoms with Crippen LogP contribution < -0.4 is 10.1 Å². The molecule has 1 aliphatic rings. The lowest BCUT2D eigenvalue weighted by molar-refractivity contribution is -0.385. The molecule has 0 atom stereocenters. The number of carbonyl (C=O) groups is 1. The number of rotatable bonds is 5. The number of nitrogens with zero attached hydrogens (tertiary/aromatic N) is 4. The molecule has 1 aromatic carbocycles. The van der Waals surface area contributed by atoms with Gasteiger partial charge in [0, 0.05) is 38.4 Å². The highest BCUT2D eigenvalue weighted by molar-refractivity contribution is 5.88. The molecule has 2 heterocycles. The molecule has 1 fully saturated rings. The molecule has 2 amide bonds. The van der Waals surface area contributed by atoms with Crippen LogP contribution in [0.15, 0.2) is 30.6 Å². The Hall–Kier alpha value is -3.34. The van der Waals surface area contributed by atoms with Gasteiger partial charge >= 0.3 is 6.03 Å². The fourth-order valence-corrected chi connectivity index (χ4v) is 2.70. The minimum atomic E-state index is -0.905. The zero-order valence-electron chi connectivity index (χ0n) is 15.0. The van der Waals surface area contributed by atoms with E-state index >= 15 is 0 Å². The highest BCUT2D eigenvalue weighted by Crippen LogP contribution is 2.27. The van der Waals surface area contributed by atoms with Crippen LogP contribution in [0.3, 0.4) is 0 Å². The van der Waals surface area contributed by atoms with Gasteiger partial charge in [0.15, 0.2) is 11.6 Å². The van der Waals surface area contributed by atoms with E-state index in [9.17, 15) is 19.3 Å². The number of amides is 2. The van der Waals surface area contributed by atoms with Gasteiger partial charge in [0.1, 0.15) is 12.1 Å². The molecule has 148 valence electrons. The molecule has 2 aromatic rings. The van der Waals surface area contributed by atoms with Crippen molar-refractivity contribution in [2.24, 2.45) is 0 Å². The molecule has 0 radical (unpaired) electrons. The van der Waals surface area contributed by atoms with Gasteiger partial charge in [-0.1, -0.05) is 0 Å². The molecular formula is C17H18FN5O5. The number of nitrogens with one attached hydrogen (secondary N) is 1. The quantitative estimate of drug-likeness (QED) is 0.614. The second-order valence-electron chi connectivity index (χ2n) is 6.10. The molecule has 0 unspecified atom stereocenters. The maximum Gasteiger partial charge on any atom is 0.323 e. The lowest BCUT2D eigenvalue weighted by Gasteiger charge is -2.31. The first kappa shape index (κ1) is 19.4. The molecule has 0 aliphatic carbocycles. The summed E-state index contributed by atoms with van der Waals surface area (Å²) in [5, 5.41) is 13.3. The summed E-state index contributed by atoms with van der Waals surface area (Å²) in [6.07, 6.45) is 2.66. The van der Waals surface area contributed by atoms with Crippen LogP contribution in [0.1, 0.15) is 12.8 Å². The zero-order valence-corrected chi connectivity index (χ0v) is 15.0. The van der Waals surface area contributed by atoms with Crippen LogP contribution in [0, 0.1) is 15.9 Å². The van der Waals surface area contributed by atoms with Crippen LogP contribution in [0.2, 0.25) is 0 Å². The smallest absolute Gasteiger partial charge is 0.323 e. The zero-order chi connectivity index (χ0) is 20.1. The molecule has 1 aromatic heterocycles. The molecule has 1 aliphatic heterocycles. The van der Waals surface area contributed by atoms with Gasteiger partial charge in [-0.3, -0.25) is 15.4 Å². The predicted octanol–water partition coefficient (Wildman–Crippen LogP) is 2.96. The molecule has 1 saturated heterocycles. The summed E-state index contributed by atoms with van der Waals surface area (Å²) in [5.74, 6) is -0.985. The van der Waals surface area contributed by atoms with Crippen molar-refractivity contribution in [2.45, 2.75) is 18.9 Å². The third-order valence-corrected chi connectivity index (χ3v) is 4.28. The van der Waals surface area contributed by atoms with E-state index in [0.717, 1.165) is 37.4 Å². The Kier molecular flexibility index (Phi) is 5.94. The lowest BCUT2D eigenvalue weighted by atomic mass is 10.1. The van der Waals surface area contributed by atoms with E-state index in [1.165, 1.54) is 6.07 Å². The number of anilines is 1. The van der Waals surface area contributed by atoms with E-state index in [4.69, 9.17) is 9.47 Å². The number of benzene rings is 1. The van der Waals surface area contributed by atoms with Crippen LogP contribution in [0.4, 0.5) is 20.7 Å². The van der Waals surface area contributed by atoms with Crippen molar-refractivity contribution in [2.75, 3.05) is 25.6 Å². The van der Waals surface area contributed by atoms with Crippen LogP contribution in [-0.4, -0.2) is 52.1 Å². The normalized spacial score (nSPS) is 14.4. The van der Waals surface area contributed by atoms with Crippen LogP contribution in [0.5, 0.6) is 11.6 Å². The molecule has 11 heteroatoms. The maximum absolute atomic E-state index is 14.0. The van der Waals surface area contributed by atoms with Gasteiger partial charge in [-0.25, -0.2) is 19.2 Å². The first-order valence-electron chi connectivity index (χ1n) is 8.49. The van der Waals surface area contributed by atoms with Crippen molar-refractivity contribution in [3.05, 3.63) is 46.5 Å². The molecule has 0 saturated carbocycles. The molecular weight excluding hydrogens is 373 g/mol. The minimum Gasteiger partial charge on any atom is -0.436 e. The highest BCUT2D eigenvalue weighted by Gasteiger charge is 2.23. The number of aromatic nitrogens is 2. The SMILES string of the molecule is CN(C(=O)Nc1cc(Oc2ccc([N+](=O)[O-])cc2F)ncn1)C1CCOCC1. The summed E-state index contributed by atoms with van der Waals surface area (Å²) in [6.45, 7) is 1.21. The van der Waals surface area contributed by atoms with Gasteiger partial charge in [-0.2, -0.15) is 0 Å². The number of nitro groups is 1. The third kappa shape index (κ3) is 4.68. The Morgan fingerprint density at radius 3 is 2.79 bits per heavy atom. The monoisotopic (exact) mass is 391 g/mol. The first-order chi connectivity index (χ1) is 13.4. The summed E-state index contributed by atoms with van der Waals surface area (Å²) >= 11 is 0. The Bertz CT molecular complexity index is 875. The van der Waals surface area contributed by atoms with E-state index in [1.54, 1.807) is 11.9 Å². The Morgan fingerprint density at radius 1 is 1.36 bits per heavy atom. The number of halogens is 1. The molecule has 3 rings (SSSR count). The van der Waals surface area contributed by atoms with Gasteiger partial charge in [0.25, 0.3) is 5.69 Å². The van der Waals surface area contributed by atoms with Crippen LogP contribution in [0.25, 0.3) is 0 Å². The van der Waals surface area contributed by atoms with E-state index in [0.29, 0.717) is 13.2 Å². The summed E-state index contributed by atoms with van der Waals surface area (Å²) in [5.41, 5.74) is -0.392. The van der Waals surface area contributed by atoms with Crippen LogP contribution >= 0.6 is 0 Å². The topological polar surface area (TPSA) is 120 Å². The van der Waals surface area contributed by atoms with E-state index in [2.05, 4.69) is 15.3 Å². The third-order valence-electron chi connectivity index (χ3n) is 4.28. The lowest BCUT2D eigenvalue weighted by Crippen LogP contribution is -2.42. The number of ether oxygens (including phenoxy) is 2. The number of urea groups is 1. The standard InChI is InChI=1S/C17H18FN5O5/c1-22(11-4-6-27-7-5-11)17(24)21-15-9-16(20-10-19-15)28-14-3-2-12(23(25)26)8-13(14)18/h2-3,8-11H,4-7H2,1H3,(H,19,20,21,24). The van der Waals surface area contributed by atoms with Gasteiger partial charge in [0.05, 0.1) is 11.0 Å². The molecule has 0 spiro atoms. The Morgan fingerprint density at radius 2 is 2.11 bits per heavy atom. The molecule has 28 heavy (non-hydrogen) atoms. The molecule has 0 bridgehead atoms. The van der Waals surface area contributed by atoms with Crippen molar-refractivity contribution >= 4 is 17.5 Å². The Balaban J connectivity index is 1.67. The van der Waals surface area contributed by atoms with Gasteiger partial charge < -0.3 is 14.4 Å². The summed E-state index contributed by atoms with van der Waals surface area (Å²) in [4.78, 5) is 31.7. The summed E-state index contributed by atoms with van der Waals surface area (Å²) in [6, 6.07) is 4.05. The minimum absolute atomic E-state index is 0.0215. The number of hydrogen-bond donors (Lipinski definition) is 1. The van der Waals surface area contributed by atoms with Crippen molar-refractivity contribution in [1.82, 2.24) is 14.9 Å². The number of non-ortho nitro benzene ring substituents is 1. The molecule has 10 nitrogen and oxygen atoms in total. The van der Waals surface area contributed by atoms with Crippen molar-refractivity contribution < 1.29 is 23.6 Å². The number of nitro benzene ring substituents is 1. The molecule has 1 N–H and O–H groups in total. The largest absolute Gasteiger partial charge is 0.436 e. The Labute approximate surface area is 159 Å². The van der Waals surface area contributed by atoms with Gasteiger partial charge in [0.2, 0.25) is 5.88 Å². The second-order valence-corrected chi connectivity index (χ2v) is 6.10. The fraction of sp³-hybridized carbons (Fsp3) is 0.353. The van der Waals surface area contributed by atoms with E-state index in [-0.39, 0.29) is 29.5 Å².